The molecule has 1 amide bonds. The zero-order chi connectivity index (χ0) is 32.9. The maximum Gasteiger partial charge on any atom is 0.308 e. The molecular formula is C35H43ClN2O7S. The third kappa shape index (κ3) is 6.16. The first-order valence-corrected chi connectivity index (χ1v) is 18.1. The van der Waals surface area contributed by atoms with Crippen molar-refractivity contribution in [1.82, 2.24) is 4.72 Å². The second kappa shape index (κ2) is 12.5. The summed E-state index contributed by atoms with van der Waals surface area (Å²) >= 11 is 6.40. The number of carbonyl (C=O) groups is 2. The standard InChI is InChI=1S/C35H43ClN2O7S/c1-22-6-4-15-35(41,18-32(39)44-3)29-11-8-26(29)19-38-20-34(14-5-7-24-16-27(36)10-12-28(24)34)21-45-31-13-9-25(17-30(31)38)33(40)37-46(42,43)23(22)2/h4,9-10,12-13,15-17,22-23,26,29,41H,5-8,11,14,18-21H2,1-3H3,(H,37,40)/b15-4-/t22-,23+,26-,29+,34-,35-/m0/s1. The molecule has 1 fully saturated rings. The first-order chi connectivity index (χ1) is 21.8. The predicted octanol–water partition coefficient (Wildman–Crippen LogP) is 5.18. The Morgan fingerprint density at radius 2 is 2.00 bits per heavy atom. The number of anilines is 1. The number of nitrogens with zero attached hydrogens (tertiary/aromatic N) is 1. The fourth-order valence-corrected chi connectivity index (χ4v) is 9.35. The van der Waals surface area contributed by atoms with E-state index in [4.69, 9.17) is 21.1 Å². The molecule has 1 saturated carbocycles. The summed E-state index contributed by atoms with van der Waals surface area (Å²) in [6, 6.07) is 11.1. The van der Waals surface area contributed by atoms with Crippen LogP contribution in [0.15, 0.2) is 48.6 Å². The van der Waals surface area contributed by atoms with Crippen molar-refractivity contribution in [2.45, 2.75) is 75.1 Å². The second-order valence-corrected chi connectivity index (χ2v) is 16.2. The Bertz CT molecular complexity index is 1660. The van der Waals surface area contributed by atoms with Gasteiger partial charge in [0.2, 0.25) is 10.0 Å². The zero-order valence-electron chi connectivity index (χ0n) is 26.6. The van der Waals surface area contributed by atoms with Crippen LogP contribution in [0.2, 0.25) is 5.02 Å². The van der Waals surface area contributed by atoms with Crippen LogP contribution >= 0.6 is 11.6 Å². The van der Waals surface area contributed by atoms with E-state index in [0.29, 0.717) is 42.6 Å². The van der Waals surface area contributed by atoms with E-state index < -0.39 is 32.8 Å². The van der Waals surface area contributed by atoms with Crippen molar-refractivity contribution in [3.8, 4) is 5.75 Å². The number of rotatable bonds is 2. The van der Waals surface area contributed by atoms with Crippen LogP contribution in [0, 0.1) is 17.8 Å². The molecule has 2 aromatic rings. The maximum atomic E-state index is 13.4. The number of hydrogen-bond acceptors (Lipinski definition) is 8. The zero-order valence-corrected chi connectivity index (χ0v) is 28.2. The van der Waals surface area contributed by atoms with Crippen molar-refractivity contribution in [3.05, 3.63) is 70.3 Å². The molecule has 248 valence electrons. The second-order valence-electron chi connectivity index (χ2n) is 13.8. The number of benzene rings is 2. The summed E-state index contributed by atoms with van der Waals surface area (Å²) in [4.78, 5) is 28.2. The topological polar surface area (TPSA) is 122 Å². The van der Waals surface area contributed by atoms with Gasteiger partial charge in [-0.3, -0.25) is 9.59 Å². The molecule has 0 aromatic heterocycles. The van der Waals surface area contributed by atoms with Gasteiger partial charge in [-0.2, -0.15) is 0 Å². The molecule has 6 rings (SSSR count). The van der Waals surface area contributed by atoms with Crippen molar-refractivity contribution < 1.29 is 32.6 Å². The minimum Gasteiger partial charge on any atom is -0.490 e. The van der Waals surface area contributed by atoms with Gasteiger partial charge in [0.15, 0.2) is 0 Å². The van der Waals surface area contributed by atoms with Crippen LogP contribution in [0.25, 0.3) is 0 Å². The third-order valence-electron chi connectivity index (χ3n) is 10.9. The van der Waals surface area contributed by atoms with Crippen LogP contribution in [0.4, 0.5) is 5.69 Å². The number of halogens is 1. The summed E-state index contributed by atoms with van der Waals surface area (Å²) in [6.07, 6.45) is 7.97. The lowest BCUT2D eigenvalue weighted by atomic mass is 9.63. The molecule has 2 heterocycles. The summed E-state index contributed by atoms with van der Waals surface area (Å²) in [5.74, 6) is -1.13. The summed E-state index contributed by atoms with van der Waals surface area (Å²) in [7, 11) is -2.71. The molecule has 2 aliphatic heterocycles. The minimum atomic E-state index is -4.02. The first-order valence-electron chi connectivity index (χ1n) is 16.2. The average molecular weight is 671 g/mol. The van der Waals surface area contributed by atoms with E-state index in [1.807, 2.05) is 12.1 Å². The van der Waals surface area contributed by atoms with E-state index in [1.165, 1.54) is 18.2 Å². The number of aliphatic hydroxyl groups is 1. The fraction of sp³-hybridized carbons (Fsp3) is 0.543. The Morgan fingerprint density at radius 1 is 1.20 bits per heavy atom. The first kappa shape index (κ1) is 32.8. The van der Waals surface area contributed by atoms with Gasteiger partial charge in [-0.15, -0.1) is 0 Å². The SMILES string of the molecule is COC(=O)C[C@@]1(O)/C=C\C[C@H](C)[C@@H](C)S(=O)(=O)NC(=O)c2ccc3c(c2)N(C[C@@H]2CC[C@H]21)C[C@@]1(CCCc2cc(Cl)ccc21)CO3. The molecule has 2 aliphatic carbocycles. The number of allylic oxidation sites excluding steroid dienone is 1. The molecule has 4 aliphatic rings. The number of nitrogens with one attached hydrogen (secondary N) is 1. The lowest BCUT2D eigenvalue weighted by molar-refractivity contribution is -0.149. The quantitative estimate of drug-likeness (QED) is 0.331. The van der Waals surface area contributed by atoms with Gasteiger partial charge in [0.25, 0.3) is 5.91 Å². The lowest BCUT2D eigenvalue weighted by Gasteiger charge is -2.49. The summed E-state index contributed by atoms with van der Waals surface area (Å²) in [5, 5.41) is 11.9. The van der Waals surface area contributed by atoms with E-state index >= 15 is 0 Å². The summed E-state index contributed by atoms with van der Waals surface area (Å²) < 4.78 is 40.4. The van der Waals surface area contributed by atoms with Crippen molar-refractivity contribution in [2.24, 2.45) is 17.8 Å². The van der Waals surface area contributed by atoms with E-state index in [2.05, 4.69) is 15.7 Å². The van der Waals surface area contributed by atoms with E-state index in [0.717, 1.165) is 32.1 Å². The predicted molar refractivity (Wildman–Crippen MR) is 177 cm³/mol. The molecular weight excluding hydrogens is 628 g/mol. The van der Waals surface area contributed by atoms with Crippen molar-refractivity contribution in [3.63, 3.8) is 0 Å². The van der Waals surface area contributed by atoms with Crippen molar-refractivity contribution >= 4 is 39.2 Å². The average Bonchev–Trinajstić information content (AvgIpc) is 3.14. The lowest BCUT2D eigenvalue weighted by Crippen LogP contribution is -2.53. The number of carbonyl (C=O) groups excluding carboxylic acids is 2. The van der Waals surface area contributed by atoms with Gasteiger partial charge in [0, 0.05) is 29.1 Å². The molecule has 2 N–H and O–H groups in total. The Kier molecular flexibility index (Phi) is 8.93. The fourth-order valence-electron chi connectivity index (χ4n) is 7.87. The number of aryl methyl sites for hydroxylation is 1. The number of hydrogen-bond donors (Lipinski definition) is 2. The highest BCUT2D eigenvalue weighted by molar-refractivity contribution is 7.90. The normalized spacial score (nSPS) is 32.9. The van der Waals surface area contributed by atoms with Crippen LogP contribution < -0.4 is 14.4 Å². The van der Waals surface area contributed by atoms with E-state index in [-0.39, 0.29) is 35.2 Å². The molecule has 2 aromatic carbocycles. The van der Waals surface area contributed by atoms with Crippen LogP contribution in [-0.4, -0.2) is 63.1 Å². The van der Waals surface area contributed by atoms with Gasteiger partial charge in [0.05, 0.1) is 36.7 Å². The Hall–Kier alpha value is -3.08. The number of amides is 1. The van der Waals surface area contributed by atoms with Crippen molar-refractivity contribution in [2.75, 3.05) is 31.7 Å². The molecule has 0 unspecified atom stereocenters. The molecule has 6 atom stereocenters. The van der Waals surface area contributed by atoms with Crippen LogP contribution in [0.1, 0.15) is 73.9 Å². The number of sulfonamides is 1. The Morgan fingerprint density at radius 3 is 2.74 bits per heavy atom. The van der Waals surface area contributed by atoms with Gasteiger partial charge >= 0.3 is 5.97 Å². The highest BCUT2D eigenvalue weighted by Crippen LogP contribution is 2.49. The molecule has 2 bridgehead atoms. The molecule has 1 spiro atoms. The van der Waals surface area contributed by atoms with E-state index in [9.17, 15) is 23.1 Å². The van der Waals surface area contributed by atoms with Gasteiger partial charge < -0.3 is 19.5 Å². The number of methoxy groups -OCH3 is 1. The Labute approximate surface area is 276 Å². The third-order valence-corrected chi connectivity index (χ3v) is 13.1. The monoisotopic (exact) mass is 670 g/mol. The van der Waals surface area contributed by atoms with Crippen LogP contribution in [-0.2, 0) is 31.4 Å². The minimum absolute atomic E-state index is 0.0395. The molecule has 11 heteroatoms. The largest absolute Gasteiger partial charge is 0.490 e. The molecule has 0 radical (unpaired) electrons. The van der Waals surface area contributed by atoms with E-state index in [1.54, 1.807) is 44.2 Å². The maximum absolute atomic E-state index is 13.4. The molecule has 46 heavy (non-hydrogen) atoms. The summed E-state index contributed by atoms with van der Waals surface area (Å²) in [5.41, 5.74) is 1.52. The smallest absolute Gasteiger partial charge is 0.308 e. The molecule has 0 saturated heterocycles. The highest BCUT2D eigenvalue weighted by Gasteiger charge is 2.49. The van der Waals surface area contributed by atoms with Crippen LogP contribution in [0.3, 0.4) is 0 Å². The van der Waals surface area contributed by atoms with Gasteiger partial charge in [-0.05, 0) is 105 Å². The number of ether oxygens (including phenoxy) is 2. The van der Waals surface area contributed by atoms with Crippen molar-refractivity contribution in [1.29, 1.82) is 0 Å². The van der Waals surface area contributed by atoms with Gasteiger partial charge in [-0.1, -0.05) is 36.7 Å². The van der Waals surface area contributed by atoms with Gasteiger partial charge in [-0.25, -0.2) is 13.1 Å². The summed E-state index contributed by atoms with van der Waals surface area (Å²) in [6.45, 7) is 4.95. The number of fused-ring (bicyclic) bond motifs is 4. The molecule has 9 nitrogen and oxygen atoms in total. The highest BCUT2D eigenvalue weighted by atomic mass is 35.5. The number of esters is 1. The van der Waals surface area contributed by atoms with Gasteiger partial charge in [0.1, 0.15) is 5.75 Å². The van der Waals surface area contributed by atoms with Crippen LogP contribution in [0.5, 0.6) is 5.75 Å². The Balaban J connectivity index is 1.45.